The van der Waals surface area contributed by atoms with Gasteiger partial charge in [0.05, 0.1) is 29.6 Å². The first kappa shape index (κ1) is 27.9. The molecule has 0 spiro atoms. The van der Waals surface area contributed by atoms with Crippen LogP contribution in [-0.4, -0.2) is 44.5 Å². The highest BCUT2D eigenvalue weighted by atomic mass is 32.2. The molecule has 2 aromatic carbocycles. The monoisotopic (exact) mass is 551 g/mol. The molecule has 0 aromatic heterocycles. The van der Waals surface area contributed by atoms with Crippen LogP contribution >= 0.6 is 0 Å². The summed E-state index contributed by atoms with van der Waals surface area (Å²) in [7, 11) is -3.37. The molecule has 0 amide bonds. The minimum atomic E-state index is -4.98. The van der Waals surface area contributed by atoms with Crippen LogP contribution in [0.1, 0.15) is 54.0 Å². The molecule has 0 aliphatic carbocycles. The lowest BCUT2D eigenvalue weighted by Crippen LogP contribution is -2.43. The molecule has 2 fully saturated rings. The Labute approximate surface area is 211 Å². The van der Waals surface area contributed by atoms with Crippen LogP contribution in [-0.2, 0) is 31.8 Å². The maximum Gasteiger partial charge on any atom is 0.416 e. The summed E-state index contributed by atoms with van der Waals surface area (Å²) >= 11 is 0. The molecule has 0 bridgehead atoms. The Morgan fingerprint density at radius 1 is 1.03 bits per heavy atom. The first-order valence-corrected chi connectivity index (χ1v) is 13.5. The van der Waals surface area contributed by atoms with Gasteiger partial charge in [-0.05, 0) is 55.0 Å². The van der Waals surface area contributed by atoms with Gasteiger partial charge >= 0.3 is 12.4 Å². The molecule has 204 valence electrons. The zero-order valence-electron chi connectivity index (χ0n) is 19.9. The molecule has 12 heteroatoms. The van der Waals surface area contributed by atoms with Gasteiger partial charge in [-0.15, -0.1) is 0 Å². The number of ether oxygens (including phenoxy) is 2. The van der Waals surface area contributed by atoms with Crippen molar-refractivity contribution in [3.63, 3.8) is 0 Å². The van der Waals surface area contributed by atoms with Crippen molar-refractivity contribution in [1.29, 1.82) is 0 Å². The largest absolute Gasteiger partial charge is 0.416 e. The molecular formula is C25H27F6NO4S. The van der Waals surface area contributed by atoms with Gasteiger partial charge in [-0.2, -0.15) is 26.3 Å². The molecule has 37 heavy (non-hydrogen) atoms. The van der Waals surface area contributed by atoms with Crippen molar-refractivity contribution in [3.8, 4) is 0 Å². The van der Waals surface area contributed by atoms with E-state index in [9.17, 15) is 34.8 Å². The summed E-state index contributed by atoms with van der Waals surface area (Å²) in [5.74, 6) is -0.644. The van der Waals surface area contributed by atoms with Crippen molar-refractivity contribution in [2.75, 3.05) is 25.4 Å². The van der Waals surface area contributed by atoms with Crippen molar-refractivity contribution in [2.24, 2.45) is 5.92 Å². The molecule has 0 N–H and O–H groups in total. The van der Waals surface area contributed by atoms with Gasteiger partial charge in [-0.3, -0.25) is 0 Å². The topological polar surface area (TPSA) is 55.8 Å². The van der Waals surface area contributed by atoms with Crippen LogP contribution in [0.4, 0.5) is 26.3 Å². The summed E-state index contributed by atoms with van der Waals surface area (Å²) in [5, 5.41) is 0. The van der Waals surface area contributed by atoms with Crippen LogP contribution in [0.15, 0.2) is 48.5 Å². The second-order valence-corrected chi connectivity index (χ2v) is 11.5. The molecule has 5 nitrogen and oxygen atoms in total. The third-order valence-corrected chi connectivity index (χ3v) is 8.74. The van der Waals surface area contributed by atoms with Crippen molar-refractivity contribution < 1.29 is 44.2 Å². The molecule has 4 rings (SSSR count). The zero-order valence-corrected chi connectivity index (χ0v) is 20.7. The van der Waals surface area contributed by atoms with E-state index in [-0.39, 0.29) is 36.5 Å². The normalized spacial score (nSPS) is 25.8. The van der Waals surface area contributed by atoms with Crippen LogP contribution in [0.2, 0.25) is 0 Å². The van der Waals surface area contributed by atoms with E-state index in [1.165, 1.54) is 11.2 Å². The van der Waals surface area contributed by atoms with Crippen LogP contribution < -0.4 is 0 Å². The van der Waals surface area contributed by atoms with Crippen LogP contribution in [0, 0.1) is 5.92 Å². The van der Waals surface area contributed by atoms with Crippen molar-refractivity contribution in [2.45, 2.75) is 50.4 Å². The summed E-state index contributed by atoms with van der Waals surface area (Å²) in [6.45, 7) is 2.19. The van der Waals surface area contributed by atoms with Gasteiger partial charge in [0.15, 0.2) is 6.29 Å². The number of halogens is 6. The molecule has 2 aromatic rings. The van der Waals surface area contributed by atoms with Crippen molar-refractivity contribution in [3.05, 3.63) is 70.8 Å². The number of hydrogen-bond donors (Lipinski definition) is 0. The minimum Gasteiger partial charge on any atom is -0.352 e. The second-order valence-electron chi connectivity index (χ2n) is 9.37. The second kappa shape index (κ2) is 10.5. The first-order chi connectivity index (χ1) is 17.3. The smallest absolute Gasteiger partial charge is 0.352 e. The molecule has 2 aliphatic rings. The van der Waals surface area contributed by atoms with E-state index in [4.69, 9.17) is 9.47 Å². The van der Waals surface area contributed by atoms with Gasteiger partial charge in [0.2, 0.25) is 10.0 Å². The number of alkyl halides is 6. The quantitative estimate of drug-likeness (QED) is 0.415. The van der Waals surface area contributed by atoms with Crippen molar-refractivity contribution in [1.82, 2.24) is 4.31 Å². The van der Waals surface area contributed by atoms with E-state index in [2.05, 4.69) is 0 Å². The standard InChI is InChI=1S/C25H27F6NO4S/c1-16(19-12-20(24(26,27)28)14-21(13-19)25(29,30)31)36-23-22(17-6-3-2-4-7-17)18(8-10-35-23)15-32-9-5-11-37(32,33)34/h2-4,6-7,12-14,16,18,22-23H,5,8-11,15H2,1H3. The summed E-state index contributed by atoms with van der Waals surface area (Å²) in [6.07, 6.45) is -11.1. The number of hydrogen-bond acceptors (Lipinski definition) is 4. The Morgan fingerprint density at radius 3 is 2.19 bits per heavy atom. The molecular weight excluding hydrogens is 524 g/mol. The molecule has 0 radical (unpaired) electrons. The molecule has 4 unspecified atom stereocenters. The van der Waals surface area contributed by atoms with Gasteiger partial charge in [0.25, 0.3) is 0 Å². The summed E-state index contributed by atoms with van der Waals surface area (Å²) in [4.78, 5) is 0. The van der Waals surface area contributed by atoms with E-state index in [0.29, 0.717) is 31.5 Å². The van der Waals surface area contributed by atoms with Gasteiger partial charge < -0.3 is 9.47 Å². The predicted molar refractivity (Wildman–Crippen MR) is 123 cm³/mol. The Balaban J connectivity index is 1.64. The zero-order chi connectivity index (χ0) is 27.0. The SMILES string of the molecule is CC(OC1OCCC(CN2CCCS2(=O)=O)C1c1ccccc1)c1cc(C(F)(F)F)cc(C(F)(F)F)c1. The maximum atomic E-state index is 13.4. The van der Waals surface area contributed by atoms with E-state index in [1.807, 2.05) is 12.1 Å². The van der Waals surface area contributed by atoms with E-state index < -0.39 is 51.8 Å². The number of nitrogens with zero attached hydrogens (tertiary/aromatic N) is 1. The molecule has 2 aliphatic heterocycles. The maximum absolute atomic E-state index is 13.4. The van der Waals surface area contributed by atoms with Crippen LogP contribution in [0.25, 0.3) is 0 Å². The van der Waals surface area contributed by atoms with Gasteiger partial charge in [-0.1, -0.05) is 30.3 Å². The van der Waals surface area contributed by atoms with Gasteiger partial charge in [0.1, 0.15) is 0 Å². The van der Waals surface area contributed by atoms with Gasteiger partial charge in [-0.25, -0.2) is 12.7 Å². The summed E-state index contributed by atoms with van der Waals surface area (Å²) < 4.78 is 118. The number of sulfonamides is 1. The van der Waals surface area contributed by atoms with Crippen LogP contribution in [0.3, 0.4) is 0 Å². The highest BCUT2D eigenvalue weighted by Gasteiger charge is 2.42. The fourth-order valence-electron chi connectivity index (χ4n) is 4.93. The molecule has 2 saturated heterocycles. The fraction of sp³-hybridized carbons (Fsp3) is 0.520. The van der Waals surface area contributed by atoms with Crippen LogP contribution in [0.5, 0.6) is 0 Å². The summed E-state index contributed by atoms with van der Waals surface area (Å²) in [5.41, 5.74) is -2.36. The first-order valence-electron chi connectivity index (χ1n) is 11.8. The van der Waals surface area contributed by atoms with E-state index in [0.717, 1.165) is 5.56 Å². The Hall–Kier alpha value is -2.15. The molecule has 4 atom stereocenters. The lowest BCUT2D eigenvalue weighted by molar-refractivity contribution is -0.209. The average molecular weight is 552 g/mol. The third kappa shape index (κ3) is 6.47. The van der Waals surface area contributed by atoms with Gasteiger partial charge in [0, 0.05) is 19.0 Å². The lowest BCUT2D eigenvalue weighted by Gasteiger charge is -2.40. The number of rotatable bonds is 6. The predicted octanol–water partition coefficient (Wildman–Crippen LogP) is 5.98. The molecule has 0 saturated carbocycles. The third-order valence-electron chi connectivity index (χ3n) is 6.82. The van der Waals surface area contributed by atoms with E-state index in [1.54, 1.807) is 18.2 Å². The minimum absolute atomic E-state index is 0.0697. The average Bonchev–Trinajstić information content (AvgIpc) is 3.16. The highest BCUT2D eigenvalue weighted by Crippen LogP contribution is 2.42. The Bertz CT molecular complexity index is 1150. The fourth-order valence-corrected chi connectivity index (χ4v) is 6.50. The lowest BCUT2D eigenvalue weighted by atomic mass is 9.81. The number of benzene rings is 2. The molecule has 2 heterocycles. The Morgan fingerprint density at radius 2 is 1.65 bits per heavy atom. The van der Waals surface area contributed by atoms with Crippen molar-refractivity contribution >= 4 is 10.0 Å². The van der Waals surface area contributed by atoms with E-state index >= 15 is 0 Å². The highest BCUT2D eigenvalue weighted by molar-refractivity contribution is 7.89. The summed E-state index contributed by atoms with van der Waals surface area (Å²) in [6, 6.07) is 10.4. The Kier molecular flexibility index (Phi) is 7.95.